The summed E-state index contributed by atoms with van der Waals surface area (Å²) < 4.78 is 2.28. The third-order valence-electron chi connectivity index (χ3n) is 11.2. The van der Waals surface area contributed by atoms with Crippen molar-refractivity contribution >= 4 is 38.9 Å². The number of anilines is 3. The Hall–Kier alpha value is -6.26. The molecule has 3 heterocycles. The Balaban J connectivity index is 0.00000422. The van der Waals surface area contributed by atoms with Gasteiger partial charge in [-0.25, -0.2) is 4.98 Å². The van der Waals surface area contributed by atoms with E-state index in [1.807, 2.05) is 29.4 Å². The minimum Gasteiger partial charge on any atom is -0.319 e. The van der Waals surface area contributed by atoms with E-state index in [-0.39, 0.29) is 21.1 Å². The normalized spacial score (nSPS) is 12.5. The van der Waals surface area contributed by atoms with E-state index in [4.69, 9.17) is 9.92 Å². The van der Waals surface area contributed by atoms with Gasteiger partial charge < -0.3 is 4.57 Å². The number of aryl methyl sites for hydroxylation is 2. The van der Waals surface area contributed by atoms with Crippen LogP contribution in [0.2, 0.25) is 0 Å². The number of benzene rings is 7. The number of rotatable bonds is 7. The van der Waals surface area contributed by atoms with Crippen LogP contribution >= 0.6 is 0 Å². The Morgan fingerprint density at radius 3 is 1.95 bits per heavy atom. The van der Waals surface area contributed by atoms with Crippen LogP contribution in [0.5, 0.6) is 0 Å². The second-order valence-electron chi connectivity index (χ2n) is 14.5. The zero-order chi connectivity index (χ0) is 37.8. The summed E-state index contributed by atoms with van der Waals surface area (Å²) in [5.74, 6) is 0.849. The van der Waals surface area contributed by atoms with Crippen molar-refractivity contribution in [2.75, 3.05) is 17.2 Å². The average molecular weight is 919 g/mol. The first-order chi connectivity index (χ1) is 27.5. The second-order valence-corrected chi connectivity index (χ2v) is 14.5. The summed E-state index contributed by atoms with van der Waals surface area (Å²) in [4.78, 5) is 9.97. The van der Waals surface area contributed by atoms with E-state index in [1.54, 1.807) is 0 Å². The van der Waals surface area contributed by atoms with Crippen LogP contribution in [0, 0.1) is 26.0 Å². The molecule has 0 radical (unpaired) electrons. The zero-order valence-electron chi connectivity index (χ0n) is 31.8. The van der Waals surface area contributed by atoms with Gasteiger partial charge in [0.1, 0.15) is 17.2 Å². The molecular weight excluding hydrogens is 880 g/mol. The summed E-state index contributed by atoms with van der Waals surface area (Å²) in [6.45, 7) is 4.35. The van der Waals surface area contributed by atoms with Crippen LogP contribution in [0.25, 0.3) is 38.8 Å². The molecule has 0 saturated carbocycles. The van der Waals surface area contributed by atoms with Crippen molar-refractivity contribution in [3.05, 3.63) is 222 Å². The van der Waals surface area contributed by atoms with Gasteiger partial charge >= 0.3 is 0 Å². The van der Waals surface area contributed by atoms with Crippen molar-refractivity contribution in [2.45, 2.75) is 19.3 Å². The Bertz CT molecular complexity index is 2850. The molecule has 10 rings (SSSR count). The SMILES string of the molecule is Cc1cccc(C)c1-c1ccnc(-n2c3[c-]c(C(c4[c-]c(N5[OH+]N(C)c6ccccc65)ccc4)(c4ccccc4)c4ccccc4)ccc3c3ccccc32)c1.[Pt]. The molecule has 280 valence electrons. The van der Waals surface area contributed by atoms with Crippen LogP contribution in [0.4, 0.5) is 17.1 Å². The molecule has 7 aromatic carbocycles. The van der Waals surface area contributed by atoms with Crippen molar-refractivity contribution in [3.63, 3.8) is 0 Å². The number of hydrogen-bond acceptors (Lipinski definition) is 3. The fraction of sp³-hybridized carbons (Fsp3) is 0.0784. The molecule has 2 aromatic heterocycles. The van der Waals surface area contributed by atoms with E-state index < -0.39 is 5.41 Å². The Morgan fingerprint density at radius 1 is 0.579 bits per heavy atom. The predicted molar refractivity (Wildman–Crippen MR) is 228 cm³/mol. The van der Waals surface area contributed by atoms with Crippen molar-refractivity contribution in [1.29, 1.82) is 0 Å². The summed E-state index contributed by atoms with van der Waals surface area (Å²) in [6.07, 6.45) is 1.93. The zero-order valence-corrected chi connectivity index (χ0v) is 34.1. The van der Waals surface area contributed by atoms with Crippen LogP contribution in [0.1, 0.15) is 33.4 Å². The van der Waals surface area contributed by atoms with E-state index in [1.165, 1.54) is 16.7 Å². The molecule has 0 amide bonds. The number of fused-ring (bicyclic) bond motifs is 4. The molecule has 5 nitrogen and oxygen atoms in total. The predicted octanol–water partition coefficient (Wildman–Crippen LogP) is 11.9. The van der Waals surface area contributed by atoms with Gasteiger partial charge in [0.2, 0.25) is 0 Å². The third-order valence-corrected chi connectivity index (χ3v) is 11.2. The molecule has 0 saturated heterocycles. The fourth-order valence-corrected chi connectivity index (χ4v) is 8.75. The maximum atomic E-state index is 5.03. The van der Waals surface area contributed by atoms with Crippen LogP contribution in [0.3, 0.4) is 0 Å². The first kappa shape index (κ1) is 36.4. The molecule has 9 aromatic rings. The molecule has 1 aliphatic rings. The van der Waals surface area contributed by atoms with E-state index in [0.29, 0.717) is 0 Å². The van der Waals surface area contributed by atoms with Gasteiger partial charge in [0.25, 0.3) is 0 Å². The van der Waals surface area contributed by atoms with Crippen LogP contribution < -0.4 is 10.1 Å². The summed E-state index contributed by atoms with van der Waals surface area (Å²) >= 11 is 0. The van der Waals surface area contributed by atoms with Gasteiger partial charge in [-0.1, -0.05) is 115 Å². The minimum atomic E-state index is -0.799. The summed E-state index contributed by atoms with van der Waals surface area (Å²) in [5.41, 5.74) is 13.2. The molecule has 1 N–H and O–H groups in total. The molecule has 6 heteroatoms. The summed E-state index contributed by atoms with van der Waals surface area (Å²) in [5, 5.41) is 6.18. The molecule has 57 heavy (non-hydrogen) atoms. The number of nitrogens with zero attached hydrogens (tertiary/aromatic N) is 4. The molecule has 0 unspecified atom stereocenters. The van der Waals surface area contributed by atoms with E-state index in [9.17, 15) is 0 Å². The summed E-state index contributed by atoms with van der Waals surface area (Å²) in [7, 11) is 1.98. The molecule has 0 fully saturated rings. The number of para-hydroxylation sites is 3. The van der Waals surface area contributed by atoms with Gasteiger partial charge in [0.15, 0.2) is 0 Å². The van der Waals surface area contributed by atoms with Gasteiger partial charge in [-0.3, -0.25) is 0 Å². The van der Waals surface area contributed by atoms with Crippen molar-refractivity contribution in [2.24, 2.45) is 0 Å². The first-order valence-corrected chi connectivity index (χ1v) is 19.0. The minimum absolute atomic E-state index is 0. The van der Waals surface area contributed by atoms with Gasteiger partial charge in [-0.15, -0.1) is 38.8 Å². The van der Waals surface area contributed by atoms with Gasteiger partial charge in [0.05, 0.1) is 7.05 Å². The molecular formula is C51H39N4OPt-. The molecule has 0 bridgehead atoms. The maximum absolute atomic E-state index is 5.03. The number of hydroxylamine groups is 1. The second kappa shape index (κ2) is 14.7. The van der Waals surface area contributed by atoms with Crippen LogP contribution in [-0.4, -0.2) is 21.5 Å². The Labute approximate surface area is 347 Å². The van der Waals surface area contributed by atoms with Gasteiger partial charge in [-0.2, -0.15) is 35.3 Å². The molecule has 1 aliphatic heterocycles. The average Bonchev–Trinajstić information content (AvgIpc) is 3.76. The molecule has 0 spiro atoms. The largest absolute Gasteiger partial charge is 0.319 e. The maximum Gasteiger partial charge on any atom is 0.145 e. The molecule has 0 aliphatic carbocycles. The first-order valence-electron chi connectivity index (χ1n) is 19.0. The topological polar surface area (TPSA) is 37.1 Å². The van der Waals surface area contributed by atoms with Crippen molar-refractivity contribution < 1.29 is 26.0 Å². The summed E-state index contributed by atoms with van der Waals surface area (Å²) in [6, 6.07) is 68.1. The van der Waals surface area contributed by atoms with Crippen LogP contribution in [-0.2, 0) is 26.5 Å². The van der Waals surface area contributed by atoms with Crippen molar-refractivity contribution in [3.8, 4) is 16.9 Å². The van der Waals surface area contributed by atoms with Gasteiger partial charge in [-0.05, 0) is 82.9 Å². The standard InChI is InChI=1S/C51H38N4O.Pt/c1-35-16-14-17-36(2)50(35)37-30-31-52-49(32-37)54-45-25-11-10-24-43(45)44-29-28-41(34-48(44)54)51(38-18-6-4-7-19-38,39-20-8-5-9-21-39)40-22-15-23-42(33-40)55-47-27-13-12-26-46(47)53(3)56-55;/h4-32H,1-3H3;/q-2;/p+1. The van der Waals surface area contributed by atoms with Gasteiger partial charge in [0, 0.05) is 43.9 Å². The van der Waals surface area contributed by atoms with E-state index in [0.717, 1.165) is 72.5 Å². The Kier molecular flexibility index (Phi) is 9.36. The molecule has 0 atom stereocenters. The van der Waals surface area contributed by atoms with Crippen molar-refractivity contribution in [1.82, 2.24) is 9.55 Å². The number of hydrogen-bond donors (Lipinski definition) is 0. The van der Waals surface area contributed by atoms with Crippen LogP contribution in [0.15, 0.2) is 176 Å². The van der Waals surface area contributed by atoms with E-state index >= 15 is 0 Å². The Morgan fingerprint density at radius 2 is 1.21 bits per heavy atom. The fourth-order valence-electron chi connectivity index (χ4n) is 8.75. The smallest absolute Gasteiger partial charge is 0.145 e. The third kappa shape index (κ3) is 5.89. The quantitative estimate of drug-likeness (QED) is 0.0908. The van der Waals surface area contributed by atoms with E-state index in [2.05, 4.69) is 194 Å². The number of pyridine rings is 1. The number of aromatic nitrogens is 2. The monoisotopic (exact) mass is 918 g/mol.